The number of amides is 2. The Morgan fingerprint density at radius 3 is 2.58 bits per heavy atom. The van der Waals surface area contributed by atoms with Crippen molar-refractivity contribution in [3.63, 3.8) is 0 Å². The highest BCUT2D eigenvalue weighted by Gasteiger charge is 2.22. The highest BCUT2D eigenvalue weighted by molar-refractivity contribution is 9.10. The molecule has 0 fully saturated rings. The Kier molecular flexibility index (Phi) is 5.77. The van der Waals surface area contributed by atoms with Gasteiger partial charge in [0.25, 0.3) is 0 Å². The molecule has 0 saturated heterocycles. The van der Waals surface area contributed by atoms with Crippen molar-refractivity contribution in [1.29, 1.82) is 0 Å². The maximum absolute atomic E-state index is 12.2. The van der Waals surface area contributed by atoms with Crippen molar-refractivity contribution in [2.24, 2.45) is 5.41 Å². The van der Waals surface area contributed by atoms with Crippen LogP contribution in [0.2, 0.25) is 0 Å². The Bertz CT molecular complexity index is 765. The molecule has 0 bridgehead atoms. The lowest BCUT2D eigenvalue weighted by Gasteiger charge is -2.15. The van der Waals surface area contributed by atoms with Gasteiger partial charge in [-0.05, 0) is 30.7 Å². The number of rotatable bonds is 4. The van der Waals surface area contributed by atoms with Crippen molar-refractivity contribution in [3.05, 3.63) is 39.3 Å². The first kappa shape index (κ1) is 18.6. The minimum Gasteiger partial charge on any atom is -0.326 e. The topological polar surface area (TPSA) is 71.1 Å². The van der Waals surface area contributed by atoms with Gasteiger partial charge in [0, 0.05) is 21.0 Å². The molecule has 0 radical (unpaired) electrons. The van der Waals surface area contributed by atoms with E-state index in [4.69, 9.17) is 0 Å². The molecule has 0 spiro atoms. The van der Waals surface area contributed by atoms with Gasteiger partial charge in [-0.1, -0.05) is 36.7 Å². The molecule has 0 saturated carbocycles. The number of aryl methyl sites for hydroxylation is 1. The molecule has 0 aliphatic rings. The smallest absolute Gasteiger partial charge is 0.231 e. The summed E-state index contributed by atoms with van der Waals surface area (Å²) in [5, 5.41) is 7.95. The van der Waals surface area contributed by atoms with Crippen LogP contribution in [0.4, 0.5) is 10.8 Å². The van der Waals surface area contributed by atoms with E-state index in [2.05, 4.69) is 31.5 Å². The second-order valence-electron chi connectivity index (χ2n) is 6.53. The predicted molar refractivity (Wildman–Crippen MR) is 101 cm³/mol. The number of benzene rings is 1. The Balaban J connectivity index is 1.96. The molecule has 0 atom stereocenters. The number of aromatic nitrogens is 1. The molecule has 0 aliphatic carbocycles. The minimum atomic E-state index is -0.484. The summed E-state index contributed by atoms with van der Waals surface area (Å²) < 4.78 is 0.969. The number of halogens is 1. The number of thiazole rings is 1. The number of nitrogens with one attached hydrogen (secondary N) is 2. The second kappa shape index (κ2) is 7.44. The first-order valence-electron chi connectivity index (χ1n) is 7.47. The maximum atomic E-state index is 12.2. The van der Waals surface area contributed by atoms with Crippen molar-refractivity contribution in [2.45, 2.75) is 34.1 Å². The zero-order valence-electron chi connectivity index (χ0n) is 14.1. The minimum absolute atomic E-state index is 0.0988. The Morgan fingerprint density at radius 1 is 1.25 bits per heavy atom. The molecular formula is C17H20BrN3O2S. The molecule has 128 valence electrons. The van der Waals surface area contributed by atoms with Gasteiger partial charge in [-0.25, -0.2) is 4.98 Å². The molecule has 5 nitrogen and oxygen atoms in total. The fourth-order valence-corrected chi connectivity index (χ4v) is 3.04. The van der Waals surface area contributed by atoms with E-state index in [9.17, 15) is 9.59 Å². The largest absolute Gasteiger partial charge is 0.326 e. The summed E-state index contributed by atoms with van der Waals surface area (Å²) in [5.74, 6) is -0.238. The number of hydrogen-bond acceptors (Lipinski definition) is 4. The SMILES string of the molecule is Cc1cc(Br)ccc1NC(=O)Cc1csc(NC(=O)C(C)(C)C)n1. The van der Waals surface area contributed by atoms with Crippen molar-refractivity contribution in [1.82, 2.24) is 4.98 Å². The Labute approximate surface area is 154 Å². The average molecular weight is 410 g/mol. The van der Waals surface area contributed by atoms with Crippen LogP contribution in [0.3, 0.4) is 0 Å². The zero-order valence-corrected chi connectivity index (χ0v) is 16.5. The van der Waals surface area contributed by atoms with E-state index in [1.807, 2.05) is 45.9 Å². The van der Waals surface area contributed by atoms with E-state index in [0.717, 1.165) is 15.7 Å². The predicted octanol–water partition coefficient (Wildman–Crippen LogP) is 4.38. The lowest BCUT2D eigenvalue weighted by Crippen LogP contribution is -2.27. The van der Waals surface area contributed by atoms with Gasteiger partial charge in [0.1, 0.15) is 0 Å². The highest BCUT2D eigenvalue weighted by Crippen LogP contribution is 2.22. The number of hydrogen-bond donors (Lipinski definition) is 2. The standard InChI is InChI=1S/C17H20BrN3O2S/c1-10-7-11(18)5-6-13(10)20-14(22)8-12-9-24-16(19-12)21-15(23)17(2,3)4/h5-7,9H,8H2,1-4H3,(H,20,22)(H,19,21,23). The first-order valence-corrected chi connectivity index (χ1v) is 9.14. The summed E-state index contributed by atoms with van der Waals surface area (Å²) in [5.41, 5.74) is 1.91. The van der Waals surface area contributed by atoms with E-state index in [1.165, 1.54) is 11.3 Å². The van der Waals surface area contributed by atoms with E-state index in [-0.39, 0.29) is 18.2 Å². The molecule has 7 heteroatoms. The van der Waals surface area contributed by atoms with Crippen LogP contribution >= 0.6 is 27.3 Å². The van der Waals surface area contributed by atoms with E-state index >= 15 is 0 Å². The summed E-state index contributed by atoms with van der Waals surface area (Å²) in [6.07, 6.45) is 0.164. The third-order valence-electron chi connectivity index (χ3n) is 3.26. The van der Waals surface area contributed by atoms with Crippen LogP contribution in [0, 0.1) is 12.3 Å². The monoisotopic (exact) mass is 409 g/mol. The molecule has 1 heterocycles. The third-order valence-corrected chi connectivity index (χ3v) is 4.56. The highest BCUT2D eigenvalue weighted by atomic mass is 79.9. The zero-order chi connectivity index (χ0) is 17.9. The van der Waals surface area contributed by atoms with Crippen LogP contribution in [-0.4, -0.2) is 16.8 Å². The van der Waals surface area contributed by atoms with Crippen LogP contribution in [0.5, 0.6) is 0 Å². The summed E-state index contributed by atoms with van der Waals surface area (Å²) in [4.78, 5) is 28.4. The summed E-state index contributed by atoms with van der Waals surface area (Å²) >= 11 is 4.71. The van der Waals surface area contributed by atoms with Crippen LogP contribution in [0.25, 0.3) is 0 Å². The summed E-state index contributed by atoms with van der Waals surface area (Å²) in [7, 11) is 0. The number of anilines is 2. The van der Waals surface area contributed by atoms with Gasteiger partial charge in [-0.2, -0.15) is 0 Å². The molecule has 0 aliphatic heterocycles. The van der Waals surface area contributed by atoms with E-state index in [1.54, 1.807) is 5.38 Å². The quantitative estimate of drug-likeness (QED) is 0.786. The summed E-state index contributed by atoms with van der Waals surface area (Å²) in [6.45, 7) is 7.45. The summed E-state index contributed by atoms with van der Waals surface area (Å²) in [6, 6.07) is 5.68. The van der Waals surface area contributed by atoms with Crippen molar-refractivity contribution < 1.29 is 9.59 Å². The Hall–Kier alpha value is -1.73. The van der Waals surface area contributed by atoms with Gasteiger partial charge in [0.15, 0.2) is 5.13 Å². The lowest BCUT2D eigenvalue weighted by atomic mass is 9.96. The molecule has 2 aromatic rings. The molecular weight excluding hydrogens is 390 g/mol. The van der Waals surface area contributed by atoms with Gasteiger partial charge in [0.05, 0.1) is 12.1 Å². The lowest BCUT2D eigenvalue weighted by molar-refractivity contribution is -0.123. The van der Waals surface area contributed by atoms with Crippen LogP contribution in [0.1, 0.15) is 32.0 Å². The number of carbonyl (C=O) groups is 2. The van der Waals surface area contributed by atoms with E-state index < -0.39 is 5.41 Å². The van der Waals surface area contributed by atoms with Gasteiger partial charge >= 0.3 is 0 Å². The van der Waals surface area contributed by atoms with Crippen LogP contribution in [-0.2, 0) is 16.0 Å². The average Bonchev–Trinajstić information content (AvgIpc) is 2.88. The van der Waals surface area contributed by atoms with Gasteiger partial charge in [-0.15, -0.1) is 11.3 Å². The maximum Gasteiger partial charge on any atom is 0.231 e. The molecule has 0 unspecified atom stereocenters. The van der Waals surface area contributed by atoms with Crippen LogP contribution < -0.4 is 10.6 Å². The van der Waals surface area contributed by atoms with E-state index in [0.29, 0.717) is 10.8 Å². The van der Waals surface area contributed by atoms with Crippen molar-refractivity contribution >= 4 is 49.9 Å². The molecule has 24 heavy (non-hydrogen) atoms. The second-order valence-corrected chi connectivity index (χ2v) is 8.31. The van der Waals surface area contributed by atoms with Gasteiger partial charge in [0.2, 0.25) is 11.8 Å². The van der Waals surface area contributed by atoms with Gasteiger partial charge in [-0.3, -0.25) is 9.59 Å². The van der Waals surface area contributed by atoms with Crippen molar-refractivity contribution in [3.8, 4) is 0 Å². The first-order chi connectivity index (χ1) is 11.1. The Morgan fingerprint density at radius 2 is 1.96 bits per heavy atom. The fourth-order valence-electron chi connectivity index (χ4n) is 1.86. The number of nitrogens with zero attached hydrogens (tertiary/aromatic N) is 1. The molecule has 1 aromatic heterocycles. The normalized spacial score (nSPS) is 11.2. The molecule has 2 rings (SSSR count). The van der Waals surface area contributed by atoms with Gasteiger partial charge < -0.3 is 10.6 Å². The fraction of sp³-hybridized carbons (Fsp3) is 0.353. The molecule has 2 amide bonds. The third kappa shape index (κ3) is 5.14. The van der Waals surface area contributed by atoms with Crippen LogP contribution in [0.15, 0.2) is 28.1 Å². The molecule has 2 N–H and O–H groups in total. The van der Waals surface area contributed by atoms with Crippen molar-refractivity contribution in [2.75, 3.05) is 10.6 Å². The number of carbonyl (C=O) groups excluding carboxylic acids is 2. The molecule has 1 aromatic carbocycles.